The second-order valence-electron chi connectivity index (χ2n) is 9.44. The number of amides is 2. The zero-order valence-corrected chi connectivity index (χ0v) is 21.2. The largest absolute Gasteiger partial charge is 0.472 e. The number of ether oxygens (including phenoxy) is 1. The lowest BCUT2D eigenvalue weighted by Gasteiger charge is -2.37. The highest BCUT2D eigenvalue weighted by atomic mass is 16.5. The van der Waals surface area contributed by atoms with Gasteiger partial charge in [0.1, 0.15) is 11.7 Å². The number of pyridine rings is 1. The standard InChI is InChI=1S/C29H30N4O4/c1-19-16-33(20(2)18-34)29(36)25-13-24(22-11-9-21(14-30)10-12-22)15-31-27(25)37-26(19)17-32(3)28(35)23-7-5-4-6-8-23/h4-13,15,19-20,26,34H,16-18H2,1-3H3/t19-,20+,26-/m1/s1. The van der Waals surface area contributed by atoms with E-state index in [1.165, 1.54) is 0 Å². The quantitative estimate of drug-likeness (QED) is 0.556. The van der Waals surface area contributed by atoms with E-state index in [1.807, 2.05) is 25.1 Å². The van der Waals surface area contributed by atoms with Crippen molar-refractivity contribution in [1.29, 1.82) is 5.26 Å². The number of aromatic nitrogens is 1. The van der Waals surface area contributed by atoms with Crippen LogP contribution in [0.1, 0.15) is 40.1 Å². The van der Waals surface area contributed by atoms with E-state index < -0.39 is 12.1 Å². The molecule has 0 aliphatic carbocycles. The number of carbonyl (C=O) groups is 2. The van der Waals surface area contributed by atoms with Gasteiger partial charge in [0.2, 0.25) is 5.88 Å². The Bertz CT molecular complexity index is 1300. The van der Waals surface area contributed by atoms with Crippen LogP contribution < -0.4 is 4.74 Å². The van der Waals surface area contributed by atoms with Gasteiger partial charge < -0.3 is 19.6 Å². The Morgan fingerprint density at radius 2 is 1.92 bits per heavy atom. The maximum atomic E-state index is 13.6. The van der Waals surface area contributed by atoms with Crippen molar-refractivity contribution in [2.75, 3.05) is 26.7 Å². The molecule has 0 unspecified atom stereocenters. The summed E-state index contributed by atoms with van der Waals surface area (Å²) in [5, 5.41) is 19.0. The number of carbonyl (C=O) groups excluding carboxylic acids is 2. The van der Waals surface area contributed by atoms with Crippen LogP contribution in [0.25, 0.3) is 11.1 Å². The van der Waals surface area contributed by atoms with E-state index in [0.717, 1.165) is 5.56 Å². The van der Waals surface area contributed by atoms with Gasteiger partial charge in [0.05, 0.1) is 30.8 Å². The van der Waals surface area contributed by atoms with Crippen LogP contribution in [0.15, 0.2) is 66.9 Å². The predicted octanol–water partition coefficient (Wildman–Crippen LogP) is 3.61. The van der Waals surface area contributed by atoms with Crippen molar-refractivity contribution in [1.82, 2.24) is 14.8 Å². The molecule has 0 spiro atoms. The molecule has 4 rings (SSSR count). The molecule has 0 radical (unpaired) electrons. The first-order valence-corrected chi connectivity index (χ1v) is 12.2. The first-order valence-electron chi connectivity index (χ1n) is 12.2. The smallest absolute Gasteiger partial charge is 0.259 e. The van der Waals surface area contributed by atoms with E-state index in [4.69, 9.17) is 10.00 Å². The van der Waals surface area contributed by atoms with Crippen molar-refractivity contribution in [3.8, 4) is 23.1 Å². The average molecular weight is 499 g/mol. The average Bonchev–Trinajstić information content (AvgIpc) is 2.94. The van der Waals surface area contributed by atoms with Gasteiger partial charge in [-0.1, -0.05) is 37.3 Å². The number of hydrogen-bond acceptors (Lipinski definition) is 6. The summed E-state index contributed by atoms with van der Waals surface area (Å²) in [5.41, 5.74) is 2.93. The molecule has 8 nitrogen and oxygen atoms in total. The summed E-state index contributed by atoms with van der Waals surface area (Å²) in [6.45, 7) is 4.22. The van der Waals surface area contributed by atoms with Crippen molar-refractivity contribution in [3.05, 3.63) is 83.6 Å². The number of nitriles is 1. The molecule has 3 atom stereocenters. The number of fused-ring (bicyclic) bond motifs is 1. The maximum Gasteiger partial charge on any atom is 0.259 e. The summed E-state index contributed by atoms with van der Waals surface area (Å²) in [5.74, 6) is -0.357. The topological polar surface area (TPSA) is 107 Å². The molecule has 2 heterocycles. The first kappa shape index (κ1) is 25.9. The Hall–Kier alpha value is -4.22. The van der Waals surface area contributed by atoms with Crippen molar-refractivity contribution in [3.63, 3.8) is 0 Å². The summed E-state index contributed by atoms with van der Waals surface area (Å²) < 4.78 is 6.31. The fraction of sp³-hybridized carbons (Fsp3) is 0.310. The second-order valence-corrected chi connectivity index (χ2v) is 9.44. The minimum absolute atomic E-state index is 0.125. The molecule has 37 heavy (non-hydrogen) atoms. The van der Waals surface area contributed by atoms with Crippen LogP contribution in [0.4, 0.5) is 0 Å². The van der Waals surface area contributed by atoms with E-state index in [0.29, 0.717) is 29.8 Å². The van der Waals surface area contributed by atoms with Crippen molar-refractivity contribution in [2.24, 2.45) is 5.92 Å². The minimum Gasteiger partial charge on any atom is -0.472 e. The van der Waals surface area contributed by atoms with E-state index in [9.17, 15) is 14.7 Å². The van der Waals surface area contributed by atoms with Gasteiger partial charge in [-0.25, -0.2) is 4.98 Å². The van der Waals surface area contributed by atoms with E-state index >= 15 is 0 Å². The number of aliphatic hydroxyl groups excluding tert-OH is 1. The number of likely N-dealkylation sites (N-methyl/N-ethyl adjacent to an activating group) is 1. The number of hydrogen-bond donors (Lipinski definition) is 1. The van der Waals surface area contributed by atoms with Gasteiger partial charge in [0, 0.05) is 36.8 Å². The van der Waals surface area contributed by atoms with Crippen LogP contribution in [0.5, 0.6) is 5.88 Å². The summed E-state index contributed by atoms with van der Waals surface area (Å²) >= 11 is 0. The second kappa shape index (κ2) is 11.2. The summed E-state index contributed by atoms with van der Waals surface area (Å²) in [7, 11) is 1.73. The van der Waals surface area contributed by atoms with E-state index in [1.54, 1.807) is 72.4 Å². The third kappa shape index (κ3) is 5.63. The predicted molar refractivity (Wildman–Crippen MR) is 139 cm³/mol. The fourth-order valence-electron chi connectivity index (χ4n) is 4.37. The van der Waals surface area contributed by atoms with Gasteiger partial charge >= 0.3 is 0 Å². The molecule has 2 amide bonds. The maximum absolute atomic E-state index is 13.6. The third-order valence-electron chi connectivity index (χ3n) is 6.69. The van der Waals surface area contributed by atoms with Crippen LogP contribution in [-0.2, 0) is 0 Å². The number of benzene rings is 2. The molecule has 1 aromatic heterocycles. The van der Waals surface area contributed by atoms with Crippen LogP contribution in [0.3, 0.4) is 0 Å². The molecule has 2 aromatic carbocycles. The monoisotopic (exact) mass is 498 g/mol. The van der Waals surface area contributed by atoms with Crippen LogP contribution in [0, 0.1) is 17.2 Å². The molecular weight excluding hydrogens is 468 g/mol. The molecule has 0 saturated carbocycles. The van der Waals surface area contributed by atoms with Crippen molar-refractivity contribution < 1.29 is 19.4 Å². The van der Waals surface area contributed by atoms with Gasteiger partial charge in [-0.2, -0.15) is 5.26 Å². The molecule has 0 saturated heterocycles. The van der Waals surface area contributed by atoms with E-state index in [-0.39, 0.29) is 35.8 Å². The lowest BCUT2D eigenvalue weighted by molar-refractivity contribution is 0.0313. The summed E-state index contributed by atoms with van der Waals surface area (Å²) in [6, 6.07) is 19.5. The van der Waals surface area contributed by atoms with Gasteiger partial charge in [-0.15, -0.1) is 0 Å². The van der Waals surface area contributed by atoms with E-state index in [2.05, 4.69) is 11.1 Å². The number of rotatable bonds is 6. The number of nitrogens with zero attached hydrogens (tertiary/aromatic N) is 4. The molecule has 3 aromatic rings. The molecular formula is C29H30N4O4. The fourth-order valence-corrected chi connectivity index (χ4v) is 4.37. The lowest BCUT2D eigenvalue weighted by Crippen LogP contribution is -2.50. The summed E-state index contributed by atoms with van der Waals surface area (Å²) in [4.78, 5) is 34.4. The zero-order valence-electron chi connectivity index (χ0n) is 21.2. The molecule has 1 aliphatic rings. The number of aliphatic hydroxyl groups is 1. The first-order chi connectivity index (χ1) is 17.8. The van der Waals surface area contributed by atoms with Gasteiger partial charge in [0.15, 0.2) is 0 Å². The Morgan fingerprint density at radius 3 is 2.57 bits per heavy atom. The highest BCUT2D eigenvalue weighted by Gasteiger charge is 2.35. The molecule has 190 valence electrons. The Kier molecular flexibility index (Phi) is 7.85. The van der Waals surface area contributed by atoms with Gasteiger partial charge in [-0.3, -0.25) is 9.59 Å². The van der Waals surface area contributed by atoms with Gasteiger partial charge in [-0.05, 0) is 42.8 Å². The highest BCUT2D eigenvalue weighted by Crippen LogP contribution is 2.30. The summed E-state index contributed by atoms with van der Waals surface area (Å²) in [6.07, 6.45) is 1.20. The SMILES string of the molecule is C[C@@H]1CN([C@@H](C)CO)C(=O)c2cc(-c3ccc(C#N)cc3)cnc2O[C@@H]1CN(C)C(=O)c1ccccc1. The van der Waals surface area contributed by atoms with Crippen molar-refractivity contribution in [2.45, 2.75) is 26.0 Å². The molecule has 1 aliphatic heterocycles. The normalized spacial score (nSPS) is 18.0. The Morgan fingerprint density at radius 1 is 1.22 bits per heavy atom. The molecule has 1 N–H and O–H groups in total. The van der Waals surface area contributed by atoms with Crippen LogP contribution >= 0.6 is 0 Å². The van der Waals surface area contributed by atoms with Gasteiger partial charge in [0.25, 0.3) is 11.8 Å². The van der Waals surface area contributed by atoms with Crippen molar-refractivity contribution >= 4 is 11.8 Å². The van der Waals surface area contributed by atoms with Crippen LogP contribution in [-0.4, -0.2) is 70.6 Å². The Balaban J connectivity index is 1.68. The lowest BCUT2D eigenvalue weighted by atomic mass is 9.98. The van der Waals surface area contributed by atoms with Crippen LogP contribution in [0.2, 0.25) is 0 Å². The molecule has 0 bridgehead atoms. The molecule has 0 fully saturated rings. The Labute approximate surface area is 216 Å². The highest BCUT2D eigenvalue weighted by molar-refractivity contribution is 5.98. The zero-order chi connectivity index (χ0) is 26.5. The third-order valence-corrected chi connectivity index (χ3v) is 6.69. The minimum atomic E-state index is -0.439. The molecule has 8 heteroatoms.